The molecule has 0 aliphatic heterocycles. The molecule has 0 saturated heterocycles. The molecule has 0 aliphatic carbocycles. The lowest BCUT2D eigenvalue weighted by Gasteiger charge is -2.07. The highest BCUT2D eigenvalue weighted by atomic mass is 16.5. The van der Waals surface area contributed by atoms with Crippen LogP contribution in [0, 0.1) is 6.92 Å². The molecule has 9 heteroatoms. The van der Waals surface area contributed by atoms with Gasteiger partial charge in [0.05, 0.1) is 19.8 Å². The third-order valence-corrected chi connectivity index (χ3v) is 2.89. The van der Waals surface area contributed by atoms with Gasteiger partial charge in [-0.25, -0.2) is 0 Å². The van der Waals surface area contributed by atoms with E-state index in [1.54, 1.807) is 31.2 Å². The Morgan fingerprint density at radius 1 is 1.17 bits per heavy atom. The van der Waals surface area contributed by atoms with E-state index in [1.165, 1.54) is 0 Å². The molecular weight excluding hydrogens is 316 g/mol. The van der Waals surface area contributed by atoms with Crippen LogP contribution in [-0.2, 0) is 14.3 Å². The summed E-state index contributed by atoms with van der Waals surface area (Å²) in [6.45, 7) is 2.19. The molecule has 0 radical (unpaired) electrons. The molecule has 3 N–H and O–H groups in total. The van der Waals surface area contributed by atoms with Gasteiger partial charge in [0.25, 0.3) is 0 Å². The summed E-state index contributed by atoms with van der Waals surface area (Å²) in [5.41, 5.74) is 1.17. The van der Waals surface area contributed by atoms with E-state index in [-0.39, 0.29) is 26.4 Å². The summed E-state index contributed by atoms with van der Waals surface area (Å²) >= 11 is 0. The Morgan fingerprint density at radius 2 is 1.92 bits per heavy atom. The molecule has 0 fully saturated rings. The van der Waals surface area contributed by atoms with Crippen LogP contribution in [0.15, 0.2) is 28.7 Å². The summed E-state index contributed by atoms with van der Waals surface area (Å²) in [4.78, 5) is 23.4. The number of rotatable bonds is 7. The summed E-state index contributed by atoms with van der Waals surface area (Å²) in [5.74, 6) is -0.703. The highest BCUT2D eigenvalue weighted by Gasteiger charge is 2.13. The van der Waals surface area contributed by atoms with Crippen molar-refractivity contribution in [3.63, 3.8) is 0 Å². The SMILES string of the molecule is Cc1nnc(-c2ccc(NC(=O)C(=O)NCCOCCO)cc2)o1. The molecule has 0 saturated carbocycles. The first-order valence-electron chi connectivity index (χ1n) is 7.28. The van der Waals surface area contributed by atoms with Crippen LogP contribution in [0.5, 0.6) is 0 Å². The lowest BCUT2D eigenvalue weighted by atomic mass is 10.2. The topological polar surface area (TPSA) is 127 Å². The van der Waals surface area contributed by atoms with E-state index in [4.69, 9.17) is 14.3 Å². The van der Waals surface area contributed by atoms with Crippen LogP contribution in [0.25, 0.3) is 11.5 Å². The van der Waals surface area contributed by atoms with Gasteiger partial charge in [-0.05, 0) is 24.3 Å². The molecule has 0 bridgehead atoms. The van der Waals surface area contributed by atoms with E-state index in [1.807, 2.05) is 0 Å². The number of aryl methyl sites for hydroxylation is 1. The molecule has 1 aromatic heterocycles. The first-order chi connectivity index (χ1) is 11.6. The number of hydrogen-bond acceptors (Lipinski definition) is 7. The fraction of sp³-hybridized carbons (Fsp3) is 0.333. The fourth-order valence-electron chi connectivity index (χ4n) is 1.78. The third kappa shape index (κ3) is 5.14. The predicted octanol–water partition coefficient (Wildman–Crippen LogP) is 0.109. The van der Waals surface area contributed by atoms with Crippen LogP contribution in [0.1, 0.15) is 5.89 Å². The average molecular weight is 334 g/mol. The van der Waals surface area contributed by atoms with Gasteiger partial charge in [0, 0.05) is 24.7 Å². The van der Waals surface area contributed by atoms with E-state index in [2.05, 4.69) is 20.8 Å². The van der Waals surface area contributed by atoms with Crippen molar-refractivity contribution in [2.75, 3.05) is 31.7 Å². The largest absolute Gasteiger partial charge is 0.421 e. The molecule has 0 unspecified atom stereocenters. The van der Waals surface area contributed by atoms with Gasteiger partial charge in [0.2, 0.25) is 11.8 Å². The quantitative estimate of drug-likeness (QED) is 0.484. The molecule has 128 valence electrons. The maximum absolute atomic E-state index is 11.7. The minimum Gasteiger partial charge on any atom is -0.421 e. The lowest BCUT2D eigenvalue weighted by Crippen LogP contribution is -2.37. The minimum atomic E-state index is -0.779. The van der Waals surface area contributed by atoms with Crippen LogP contribution >= 0.6 is 0 Å². The predicted molar refractivity (Wildman–Crippen MR) is 84.0 cm³/mol. The molecule has 24 heavy (non-hydrogen) atoms. The average Bonchev–Trinajstić information content (AvgIpc) is 3.01. The number of ether oxygens (including phenoxy) is 1. The molecule has 2 amide bonds. The van der Waals surface area contributed by atoms with Gasteiger partial charge in [-0.1, -0.05) is 0 Å². The fourth-order valence-corrected chi connectivity index (χ4v) is 1.78. The van der Waals surface area contributed by atoms with E-state index in [0.717, 1.165) is 0 Å². The Labute approximate surface area is 138 Å². The second-order valence-corrected chi connectivity index (χ2v) is 4.75. The molecule has 2 rings (SSSR count). The van der Waals surface area contributed by atoms with Crippen LogP contribution < -0.4 is 10.6 Å². The van der Waals surface area contributed by atoms with Gasteiger partial charge in [0.1, 0.15) is 0 Å². The molecule has 0 aliphatic rings. The number of aliphatic hydroxyl groups is 1. The Kier molecular flexibility index (Phi) is 6.41. The Hall–Kier alpha value is -2.78. The number of nitrogens with zero attached hydrogens (tertiary/aromatic N) is 2. The normalized spacial score (nSPS) is 10.4. The highest BCUT2D eigenvalue weighted by Crippen LogP contribution is 2.19. The van der Waals surface area contributed by atoms with Crippen molar-refractivity contribution >= 4 is 17.5 Å². The molecule has 9 nitrogen and oxygen atoms in total. The first-order valence-corrected chi connectivity index (χ1v) is 7.28. The van der Waals surface area contributed by atoms with Gasteiger partial charge in [-0.15, -0.1) is 10.2 Å². The first kappa shape index (κ1) is 17.6. The van der Waals surface area contributed by atoms with Crippen molar-refractivity contribution in [3.8, 4) is 11.5 Å². The molecule has 2 aromatic rings. The number of hydrogen-bond donors (Lipinski definition) is 3. The second-order valence-electron chi connectivity index (χ2n) is 4.75. The zero-order valence-corrected chi connectivity index (χ0v) is 13.1. The highest BCUT2D eigenvalue weighted by molar-refractivity contribution is 6.39. The van der Waals surface area contributed by atoms with E-state index in [0.29, 0.717) is 23.0 Å². The van der Waals surface area contributed by atoms with Crippen molar-refractivity contribution in [1.29, 1.82) is 0 Å². The molecule has 0 atom stereocenters. The maximum atomic E-state index is 11.7. The number of aliphatic hydroxyl groups excluding tert-OH is 1. The summed E-state index contributed by atoms with van der Waals surface area (Å²) in [6, 6.07) is 6.65. The second kappa shape index (κ2) is 8.75. The van der Waals surface area contributed by atoms with Crippen LogP contribution in [0.4, 0.5) is 5.69 Å². The van der Waals surface area contributed by atoms with E-state index in [9.17, 15) is 9.59 Å². The summed E-state index contributed by atoms with van der Waals surface area (Å²) < 4.78 is 10.3. The van der Waals surface area contributed by atoms with E-state index >= 15 is 0 Å². The molecule has 1 aromatic carbocycles. The van der Waals surface area contributed by atoms with Crippen molar-refractivity contribution in [2.45, 2.75) is 6.92 Å². The number of carbonyl (C=O) groups excluding carboxylic acids is 2. The zero-order valence-electron chi connectivity index (χ0n) is 13.1. The maximum Gasteiger partial charge on any atom is 0.313 e. The van der Waals surface area contributed by atoms with E-state index < -0.39 is 11.8 Å². The van der Waals surface area contributed by atoms with Crippen LogP contribution in [0.3, 0.4) is 0 Å². The Morgan fingerprint density at radius 3 is 2.54 bits per heavy atom. The number of anilines is 1. The monoisotopic (exact) mass is 334 g/mol. The lowest BCUT2D eigenvalue weighted by molar-refractivity contribution is -0.136. The summed E-state index contributed by atoms with van der Waals surface area (Å²) in [7, 11) is 0. The summed E-state index contributed by atoms with van der Waals surface area (Å²) in [5, 5.41) is 21.1. The van der Waals surface area contributed by atoms with Gasteiger partial charge >= 0.3 is 11.8 Å². The number of amides is 2. The van der Waals surface area contributed by atoms with Gasteiger partial charge in [-0.2, -0.15) is 0 Å². The summed E-state index contributed by atoms with van der Waals surface area (Å²) in [6.07, 6.45) is 0. The van der Waals surface area contributed by atoms with Crippen LogP contribution in [-0.4, -0.2) is 53.5 Å². The van der Waals surface area contributed by atoms with Crippen molar-refractivity contribution in [3.05, 3.63) is 30.2 Å². The third-order valence-electron chi connectivity index (χ3n) is 2.89. The van der Waals surface area contributed by atoms with Crippen molar-refractivity contribution in [2.24, 2.45) is 0 Å². The van der Waals surface area contributed by atoms with Gasteiger partial charge in [0.15, 0.2) is 0 Å². The number of aromatic nitrogens is 2. The minimum absolute atomic E-state index is 0.0897. The number of nitrogens with one attached hydrogen (secondary N) is 2. The molecule has 0 spiro atoms. The van der Waals surface area contributed by atoms with Gasteiger partial charge < -0.3 is 24.9 Å². The van der Waals surface area contributed by atoms with Crippen LogP contribution in [0.2, 0.25) is 0 Å². The van der Waals surface area contributed by atoms with Crippen molar-refractivity contribution in [1.82, 2.24) is 15.5 Å². The smallest absolute Gasteiger partial charge is 0.313 e. The number of benzene rings is 1. The van der Waals surface area contributed by atoms with Gasteiger partial charge in [-0.3, -0.25) is 9.59 Å². The standard InChI is InChI=1S/C15H18N4O5/c1-10-18-19-15(24-10)11-2-4-12(5-3-11)17-14(22)13(21)16-6-8-23-9-7-20/h2-5,20H,6-9H2,1H3,(H,16,21)(H,17,22). The molecule has 1 heterocycles. The number of carbonyl (C=O) groups is 2. The zero-order chi connectivity index (χ0) is 17.4. The Balaban J connectivity index is 1.82. The molecular formula is C15H18N4O5. The van der Waals surface area contributed by atoms with Crippen molar-refractivity contribution < 1.29 is 23.8 Å². The Bertz CT molecular complexity index is 683.